The number of benzene rings is 2. The van der Waals surface area contributed by atoms with E-state index in [0.717, 1.165) is 11.1 Å². The number of pyridine rings is 1. The van der Waals surface area contributed by atoms with Crippen LogP contribution in [0.4, 0.5) is 14.6 Å². The van der Waals surface area contributed by atoms with Gasteiger partial charge in [-0.15, -0.1) is 0 Å². The van der Waals surface area contributed by atoms with Crippen LogP contribution in [0.3, 0.4) is 0 Å². The van der Waals surface area contributed by atoms with Crippen molar-refractivity contribution >= 4 is 27.9 Å². The molecule has 0 radical (unpaired) electrons. The van der Waals surface area contributed by atoms with Gasteiger partial charge in [0.2, 0.25) is 0 Å². The van der Waals surface area contributed by atoms with Gasteiger partial charge in [-0.25, -0.2) is 28.7 Å². The van der Waals surface area contributed by atoms with E-state index in [0.29, 0.717) is 33.6 Å². The van der Waals surface area contributed by atoms with E-state index in [2.05, 4.69) is 30.2 Å². The Hall–Kier alpha value is -3.94. The van der Waals surface area contributed by atoms with Gasteiger partial charge in [-0.2, -0.15) is 0 Å². The maximum absolute atomic E-state index is 14.5. The van der Waals surface area contributed by atoms with Crippen LogP contribution in [-0.2, 0) is 0 Å². The molecule has 0 fully saturated rings. The van der Waals surface area contributed by atoms with Gasteiger partial charge in [-0.3, -0.25) is 0 Å². The van der Waals surface area contributed by atoms with E-state index in [-0.39, 0.29) is 17.4 Å². The number of imidazole rings is 1. The molecule has 154 valence electrons. The van der Waals surface area contributed by atoms with Crippen LogP contribution in [0.2, 0.25) is 0 Å². The number of nitrogens with one attached hydrogen (secondary N) is 2. The first-order valence-electron chi connectivity index (χ1n) is 9.77. The molecule has 8 heteroatoms. The smallest absolute Gasteiger partial charge is 0.162 e. The lowest BCUT2D eigenvalue weighted by Crippen LogP contribution is -2.11. The summed E-state index contributed by atoms with van der Waals surface area (Å²) in [6.07, 6.45) is 3.00. The molecule has 3 heterocycles. The molecule has 31 heavy (non-hydrogen) atoms. The first-order chi connectivity index (χ1) is 15.0. The molecule has 0 aliphatic carbocycles. The Balaban J connectivity index is 1.68. The highest BCUT2D eigenvalue weighted by molar-refractivity contribution is 5.85. The van der Waals surface area contributed by atoms with E-state index in [1.165, 1.54) is 24.5 Å². The number of nitrogens with zero attached hydrogens (tertiary/aromatic N) is 4. The maximum Gasteiger partial charge on any atom is 0.162 e. The predicted molar refractivity (Wildman–Crippen MR) is 116 cm³/mol. The monoisotopic (exact) mass is 416 g/mol. The molecule has 0 aliphatic rings. The van der Waals surface area contributed by atoms with Gasteiger partial charge in [0.1, 0.15) is 29.0 Å². The summed E-state index contributed by atoms with van der Waals surface area (Å²) in [5.41, 5.74) is 4.09. The Labute approximate surface area is 176 Å². The predicted octanol–water partition coefficient (Wildman–Crippen LogP) is 5.33. The largest absolute Gasteiger partial charge is 0.362 e. The molecule has 6 nitrogen and oxygen atoms in total. The van der Waals surface area contributed by atoms with Crippen LogP contribution in [0.25, 0.3) is 33.3 Å². The van der Waals surface area contributed by atoms with E-state index in [1.54, 1.807) is 18.5 Å². The molecule has 0 unspecified atom stereocenters. The second kappa shape index (κ2) is 7.39. The fraction of sp³-hybridized carbons (Fsp3) is 0.130. The highest BCUT2D eigenvalue weighted by Crippen LogP contribution is 2.33. The number of aromatic nitrogens is 5. The van der Waals surface area contributed by atoms with E-state index >= 15 is 0 Å². The van der Waals surface area contributed by atoms with Crippen molar-refractivity contribution in [3.63, 3.8) is 0 Å². The van der Waals surface area contributed by atoms with Crippen LogP contribution in [0.15, 0.2) is 55.1 Å². The van der Waals surface area contributed by atoms with Crippen molar-refractivity contribution in [3.05, 3.63) is 77.9 Å². The van der Waals surface area contributed by atoms with Crippen LogP contribution in [-0.4, -0.2) is 24.9 Å². The molecule has 3 aromatic heterocycles. The summed E-state index contributed by atoms with van der Waals surface area (Å²) in [6, 6.07) is 11.1. The third-order valence-electron chi connectivity index (χ3n) is 5.18. The van der Waals surface area contributed by atoms with Gasteiger partial charge in [-0.05, 0) is 49.7 Å². The van der Waals surface area contributed by atoms with Gasteiger partial charge in [0, 0.05) is 16.5 Å². The van der Waals surface area contributed by atoms with E-state index in [1.807, 2.05) is 26.0 Å². The second-order valence-corrected chi connectivity index (χ2v) is 7.44. The summed E-state index contributed by atoms with van der Waals surface area (Å²) >= 11 is 0. The number of rotatable bonds is 4. The maximum atomic E-state index is 14.5. The fourth-order valence-electron chi connectivity index (χ4n) is 3.77. The molecular formula is C23H18F2N6. The van der Waals surface area contributed by atoms with Crippen molar-refractivity contribution in [3.8, 4) is 11.3 Å². The quantitative estimate of drug-likeness (QED) is 0.414. The zero-order chi connectivity index (χ0) is 21.5. The van der Waals surface area contributed by atoms with Crippen LogP contribution in [0.1, 0.15) is 24.1 Å². The van der Waals surface area contributed by atoms with Crippen LogP contribution in [0, 0.1) is 18.6 Å². The summed E-state index contributed by atoms with van der Waals surface area (Å²) < 4.78 is 28.7. The van der Waals surface area contributed by atoms with Gasteiger partial charge >= 0.3 is 0 Å². The number of H-pyrrole nitrogens is 1. The molecule has 0 aliphatic heterocycles. The molecule has 2 aromatic carbocycles. The zero-order valence-electron chi connectivity index (χ0n) is 16.8. The second-order valence-electron chi connectivity index (χ2n) is 7.44. The van der Waals surface area contributed by atoms with Gasteiger partial charge in [0.15, 0.2) is 11.5 Å². The highest BCUT2D eigenvalue weighted by atomic mass is 19.1. The highest BCUT2D eigenvalue weighted by Gasteiger charge is 2.19. The summed E-state index contributed by atoms with van der Waals surface area (Å²) in [7, 11) is 0. The summed E-state index contributed by atoms with van der Waals surface area (Å²) in [4.78, 5) is 20.3. The number of para-hydroxylation sites is 1. The molecule has 2 N–H and O–H groups in total. The summed E-state index contributed by atoms with van der Waals surface area (Å²) in [5.74, 6) is -0.237. The van der Waals surface area contributed by atoms with Gasteiger partial charge in [0.25, 0.3) is 0 Å². The molecule has 0 spiro atoms. The SMILES string of the molecule is Cc1cc(F)cc(-c2nc3c(F)cccc3cc2[C@H](C)Nc2ncnc3[nH]cnc23)c1. The lowest BCUT2D eigenvalue weighted by atomic mass is 9.97. The number of anilines is 1. The Morgan fingerprint density at radius 2 is 1.87 bits per heavy atom. The van der Waals surface area contributed by atoms with Crippen molar-refractivity contribution in [2.45, 2.75) is 19.9 Å². The normalized spacial score (nSPS) is 12.4. The average molecular weight is 416 g/mol. The van der Waals surface area contributed by atoms with Crippen molar-refractivity contribution in [1.29, 1.82) is 0 Å². The van der Waals surface area contributed by atoms with Crippen LogP contribution in [0.5, 0.6) is 0 Å². The lowest BCUT2D eigenvalue weighted by Gasteiger charge is -2.19. The molecule has 0 saturated carbocycles. The van der Waals surface area contributed by atoms with Crippen molar-refractivity contribution < 1.29 is 8.78 Å². The van der Waals surface area contributed by atoms with Crippen molar-refractivity contribution in [1.82, 2.24) is 24.9 Å². The number of fused-ring (bicyclic) bond motifs is 2. The Kier molecular flexibility index (Phi) is 4.54. The minimum Gasteiger partial charge on any atom is -0.362 e. The zero-order valence-corrected chi connectivity index (χ0v) is 16.8. The van der Waals surface area contributed by atoms with Crippen LogP contribution >= 0.6 is 0 Å². The molecule has 0 saturated heterocycles. The molecule has 5 aromatic rings. The standard InChI is InChI=1S/C23H18F2N6/c1-12-6-15(8-16(24)7-12)19-17(9-14-4-3-5-18(25)20(14)31-19)13(2)30-23-21-22(27-10-26-21)28-11-29-23/h3-11,13H,1-2H3,(H2,26,27,28,29,30)/t13-/m0/s1. The minimum atomic E-state index is -0.423. The number of hydrogen-bond acceptors (Lipinski definition) is 5. The summed E-state index contributed by atoms with van der Waals surface area (Å²) in [6.45, 7) is 3.75. The van der Waals surface area contributed by atoms with Gasteiger partial charge in [0.05, 0.1) is 18.1 Å². The first-order valence-corrected chi connectivity index (χ1v) is 9.77. The van der Waals surface area contributed by atoms with Crippen molar-refractivity contribution in [2.75, 3.05) is 5.32 Å². The van der Waals surface area contributed by atoms with Gasteiger partial charge in [-0.1, -0.05) is 12.1 Å². The topological polar surface area (TPSA) is 79.4 Å². The Morgan fingerprint density at radius 3 is 2.71 bits per heavy atom. The lowest BCUT2D eigenvalue weighted by molar-refractivity contribution is 0.627. The van der Waals surface area contributed by atoms with E-state index in [4.69, 9.17) is 0 Å². The molecule has 5 rings (SSSR count). The third-order valence-corrected chi connectivity index (χ3v) is 5.18. The number of halogens is 2. The Bertz CT molecular complexity index is 1410. The fourth-order valence-corrected chi connectivity index (χ4v) is 3.77. The first kappa shape index (κ1) is 19.0. The van der Waals surface area contributed by atoms with Crippen LogP contribution < -0.4 is 5.32 Å². The Morgan fingerprint density at radius 1 is 1.00 bits per heavy atom. The molecule has 0 bridgehead atoms. The molecule has 1 atom stereocenters. The number of hydrogen-bond donors (Lipinski definition) is 2. The number of aromatic amines is 1. The summed E-state index contributed by atoms with van der Waals surface area (Å²) in [5, 5.41) is 4.01. The third kappa shape index (κ3) is 3.46. The van der Waals surface area contributed by atoms with E-state index < -0.39 is 5.82 Å². The number of aryl methyl sites for hydroxylation is 1. The van der Waals surface area contributed by atoms with Crippen molar-refractivity contribution in [2.24, 2.45) is 0 Å². The minimum absolute atomic E-state index is 0.243. The molecular weight excluding hydrogens is 398 g/mol. The van der Waals surface area contributed by atoms with Gasteiger partial charge < -0.3 is 10.3 Å². The average Bonchev–Trinajstić information content (AvgIpc) is 3.22. The molecule has 0 amide bonds. The van der Waals surface area contributed by atoms with E-state index in [9.17, 15) is 8.78 Å².